The summed E-state index contributed by atoms with van der Waals surface area (Å²) in [5.41, 5.74) is 1.74. The number of hydrogen-bond donors (Lipinski definition) is 0. The zero-order valence-electron chi connectivity index (χ0n) is 15.9. The average Bonchev–Trinajstić information content (AvgIpc) is 3.14. The first-order valence-corrected chi connectivity index (χ1v) is 12.7. The Labute approximate surface area is 171 Å². The molecule has 2 heterocycles. The van der Waals surface area contributed by atoms with Crippen molar-refractivity contribution in [1.82, 2.24) is 4.31 Å². The zero-order valence-corrected chi connectivity index (χ0v) is 17.6. The second kappa shape index (κ2) is 7.70. The lowest BCUT2D eigenvalue weighted by Crippen LogP contribution is -2.35. The van der Waals surface area contributed by atoms with Crippen LogP contribution in [0.4, 0.5) is 10.1 Å². The van der Waals surface area contributed by atoms with Crippen molar-refractivity contribution in [2.24, 2.45) is 0 Å². The normalized spacial score (nSPS) is 18.0. The number of benzene rings is 2. The molecular weight excluding hydrogens is 415 g/mol. The van der Waals surface area contributed by atoms with Crippen molar-refractivity contribution in [1.29, 1.82) is 0 Å². The lowest BCUT2D eigenvalue weighted by atomic mass is 10.2. The molecule has 0 radical (unpaired) electrons. The molecule has 0 N–H and O–H groups in total. The highest BCUT2D eigenvalue weighted by Crippen LogP contribution is 2.34. The van der Waals surface area contributed by atoms with Crippen LogP contribution in [0.25, 0.3) is 0 Å². The Bertz CT molecular complexity index is 1110. The second-order valence-electron chi connectivity index (χ2n) is 7.46. The molecule has 9 heteroatoms. The van der Waals surface area contributed by atoms with Gasteiger partial charge in [-0.1, -0.05) is 18.6 Å². The average molecular weight is 439 g/mol. The molecule has 156 valence electrons. The van der Waals surface area contributed by atoms with Gasteiger partial charge in [-0.3, -0.25) is 4.31 Å². The van der Waals surface area contributed by atoms with Gasteiger partial charge in [0, 0.05) is 19.6 Å². The summed E-state index contributed by atoms with van der Waals surface area (Å²) in [5.74, 6) is -0.652. The summed E-state index contributed by atoms with van der Waals surface area (Å²) in [6.45, 7) is 1.32. The third-order valence-electron chi connectivity index (χ3n) is 5.45. The van der Waals surface area contributed by atoms with E-state index in [1.807, 2.05) is 0 Å². The van der Waals surface area contributed by atoms with Crippen LogP contribution in [0.2, 0.25) is 0 Å². The molecule has 0 unspecified atom stereocenters. The molecule has 1 saturated heterocycles. The van der Waals surface area contributed by atoms with Gasteiger partial charge in [-0.25, -0.2) is 21.2 Å². The van der Waals surface area contributed by atoms with Gasteiger partial charge < -0.3 is 0 Å². The lowest BCUT2D eigenvalue weighted by molar-refractivity contribution is 0.346. The second-order valence-corrected chi connectivity index (χ2v) is 11.3. The predicted octanol–water partition coefficient (Wildman–Crippen LogP) is 2.89. The molecule has 2 aromatic rings. The van der Waals surface area contributed by atoms with E-state index < -0.39 is 25.9 Å². The van der Waals surface area contributed by atoms with Gasteiger partial charge in [0.15, 0.2) is 0 Å². The maximum absolute atomic E-state index is 13.1. The van der Waals surface area contributed by atoms with E-state index in [0.717, 1.165) is 19.3 Å². The number of sulfonamides is 2. The Morgan fingerprint density at radius 1 is 0.862 bits per heavy atom. The minimum atomic E-state index is -3.66. The van der Waals surface area contributed by atoms with Gasteiger partial charge in [0.25, 0.3) is 0 Å². The van der Waals surface area contributed by atoms with Crippen LogP contribution in [-0.2, 0) is 32.2 Å². The largest absolute Gasteiger partial charge is 0.269 e. The van der Waals surface area contributed by atoms with Crippen molar-refractivity contribution in [3.63, 3.8) is 0 Å². The number of fused-ring (bicyclic) bond motifs is 1. The fraction of sp³-hybridized carbons (Fsp3) is 0.400. The van der Waals surface area contributed by atoms with Crippen molar-refractivity contribution >= 4 is 25.7 Å². The van der Waals surface area contributed by atoms with Crippen LogP contribution in [0.5, 0.6) is 0 Å². The van der Waals surface area contributed by atoms with Gasteiger partial charge in [0.05, 0.1) is 16.3 Å². The molecule has 1 fully saturated rings. The Morgan fingerprint density at radius 3 is 2.24 bits per heavy atom. The molecule has 2 aliphatic rings. The summed E-state index contributed by atoms with van der Waals surface area (Å²) in [4.78, 5) is 0.218. The molecule has 0 saturated carbocycles. The first kappa shape index (κ1) is 20.3. The van der Waals surface area contributed by atoms with Gasteiger partial charge in [0.2, 0.25) is 20.0 Å². The molecular formula is C20H23FN2O4S2. The van der Waals surface area contributed by atoms with Gasteiger partial charge in [-0.15, -0.1) is 0 Å². The lowest BCUT2D eigenvalue weighted by Gasteiger charge is -2.26. The zero-order chi connectivity index (χ0) is 20.6. The number of rotatable bonds is 5. The van der Waals surface area contributed by atoms with E-state index in [1.165, 1.54) is 38.9 Å². The molecule has 0 aliphatic carbocycles. The molecule has 2 aliphatic heterocycles. The highest BCUT2D eigenvalue weighted by atomic mass is 32.2. The van der Waals surface area contributed by atoms with Gasteiger partial charge >= 0.3 is 0 Å². The van der Waals surface area contributed by atoms with Crippen molar-refractivity contribution in [3.8, 4) is 0 Å². The number of nitrogens with zero attached hydrogens (tertiary/aromatic N) is 2. The van der Waals surface area contributed by atoms with Gasteiger partial charge in [0.1, 0.15) is 5.82 Å². The highest BCUT2D eigenvalue weighted by Gasteiger charge is 2.32. The molecule has 4 rings (SSSR count). The van der Waals surface area contributed by atoms with E-state index in [9.17, 15) is 21.2 Å². The van der Waals surface area contributed by atoms with Crippen molar-refractivity contribution < 1.29 is 21.2 Å². The van der Waals surface area contributed by atoms with Crippen LogP contribution in [-0.4, -0.2) is 40.8 Å². The van der Waals surface area contributed by atoms with Gasteiger partial charge in [-0.2, -0.15) is 4.31 Å². The molecule has 2 aromatic carbocycles. The molecule has 0 bridgehead atoms. The Hall–Kier alpha value is -1.97. The minimum Gasteiger partial charge on any atom is -0.269 e. The van der Waals surface area contributed by atoms with Crippen molar-refractivity contribution in [2.75, 3.05) is 23.9 Å². The predicted molar refractivity (Wildman–Crippen MR) is 109 cm³/mol. The summed E-state index contributed by atoms with van der Waals surface area (Å²) in [6.07, 6.45) is 3.22. The monoisotopic (exact) mass is 438 g/mol. The number of piperidine rings is 1. The van der Waals surface area contributed by atoms with Crippen LogP contribution >= 0.6 is 0 Å². The summed E-state index contributed by atoms with van der Waals surface area (Å²) in [7, 11) is -7.22. The number of anilines is 1. The molecule has 6 nitrogen and oxygen atoms in total. The number of halogens is 1. The van der Waals surface area contributed by atoms with E-state index >= 15 is 0 Å². The topological polar surface area (TPSA) is 74.8 Å². The SMILES string of the molecule is O=S(=O)(Cc1ccc(F)cc1)N1CCc2cc(S(=O)(=O)N3CCCCC3)ccc21. The quantitative estimate of drug-likeness (QED) is 0.720. The summed E-state index contributed by atoms with van der Waals surface area (Å²) in [6, 6.07) is 10.1. The maximum Gasteiger partial charge on any atom is 0.243 e. The van der Waals surface area contributed by atoms with Crippen molar-refractivity contribution in [2.45, 2.75) is 36.3 Å². The Balaban J connectivity index is 1.58. The van der Waals surface area contributed by atoms with Crippen molar-refractivity contribution in [3.05, 3.63) is 59.4 Å². The van der Waals surface area contributed by atoms with Crippen LogP contribution in [0, 0.1) is 5.82 Å². The Kier molecular flexibility index (Phi) is 5.39. The smallest absolute Gasteiger partial charge is 0.243 e. The summed E-state index contributed by atoms with van der Waals surface area (Å²) in [5, 5.41) is 0. The van der Waals surface area contributed by atoms with Crippen LogP contribution in [0.1, 0.15) is 30.4 Å². The van der Waals surface area contributed by atoms with E-state index in [0.29, 0.717) is 36.3 Å². The molecule has 0 atom stereocenters. The molecule has 0 aromatic heterocycles. The molecule has 0 amide bonds. The van der Waals surface area contributed by atoms with E-state index in [2.05, 4.69) is 0 Å². The number of hydrogen-bond acceptors (Lipinski definition) is 4. The standard InChI is InChI=1S/C20H23FN2O4S2/c21-18-6-4-16(5-7-18)15-28(24,25)23-13-10-17-14-19(8-9-20(17)23)29(26,27)22-11-2-1-3-12-22/h4-9,14H,1-3,10-13,15H2. The fourth-order valence-electron chi connectivity index (χ4n) is 3.92. The van der Waals surface area contributed by atoms with E-state index in [1.54, 1.807) is 12.1 Å². The maximum atomic E-state index is 13.1. The van der Waals surface area contributed by atoms with Crippen LogP contribution < -0.4 is 4.31 Å². The first-order valence-electron chi connectivity index (χ1n) is 9.65. The summed E-state index contributed by atoms with van der Waals surface area (Å²) < 4.78 is 67.5. The first-order chi connectivity index (χ1) is 13.8. The summed E-state index contributed by atoms with van der Waals surface area (Å²) >= 11 is 0. The minimum absolute atomic E-state index is 0.218. The van der Waals surface area contributed by atoms with Crippen LogP contribution in [0.3, 0.4) is 0 Å². The van der Waals surface area contributed by atoms with E-state index in [4.69, 9.17) is 0 Å². The van der Waals surface area contributed by atoms with Crippen LogP contribution in [0.15, 0.2) is 47.4 Å². The third-order valence-corrected chi connectivity index (χ3v) is 9.10. The van der Waals surface area contributed by atoms with Gasteiger partial charge in [-0.05, 0) is 60.7 Å². The molecule has 29 heavy (non-hydrogen) atoms. The Morgan fingerprint density at radius 2 is 1.55 bits per heavy atom. The highest BCUT2D eigenvalue weighted by molar-refractivity contribution is 7.92. The third kappa shape index (κ3) is 4.04. The van der Waals surface area contributed by atoms with E-state index in [-0.39, 0.29) is 17.2 Å². The molecule has 0 spiro atoms. The fourth-order valence-corrected chi connectivity index (χ4v) is 7.11.